The number of carbonyl (C=O) groups excluding carboxylic acids is 1. The van der Waals surface area contributed by atoms with Crippen LogP contribution in [0.3, 0.4) is 0 Å². The lowest BCUT2D eigenvalue weighted by Gasteiger charge is -2.41. The number of carbonyl (C=O) groups is 1. The van der Waals surface area contributed by atoms with Gasteiger partial charge in [-0.05, 0) is 50.5 Å². The summed E-state index contributed by atoms with van der Waals surface area (Å²) in [5.74, 6) is 1.90. The molecule has 1 aromatic rings. The first-order valence-corrected chi connectivity index (χ1v) is 9.77. The second-order valence-corrected chi connectivity index (χ2v) is 7.71. The zero-order valence-corrected chi connectivity index (χ0v) is 15.6. The van der Waals surface area contributed by atoms with E-state index in [1.165, 1.54) is 37.7 Å². The summed E-state index contributed by atoms with van der Waals surface area (Å²) in [5, 5.41) is 13.3. The molecule has 2 atom stereocenters. The Morgan fingerprint density at radius 2 is 2.00 bits per heavy atom. The minimum atomic E-state index is 0.299. The Kier molecular flexibility index (Phi) is 5.78. The molecule has 0 spiro atoms. The number of aryl methyl sites for hydroxylation is 2. The summed E-state index contributed by atoms with van der Waals surface area (Å²) >= 11 is 0. The second kappa shape index (κ2) is 8.03. The van der Waals surface area contributed by atoms with Crippen molar-refractivity contribution in [1.82, 2.24) is 14.7 Å². The van der Waals surface area contributed by atoms with E-state index in [0.29, 0.717) is 25.3 Å². The normalized spacial score (nSPS) is 23.2. The Balaban J connectivity index is 1.56. The van der Waals surface area contributed by atoms with Crippen LogP contribution in [0.2, 0.25) is 0 Å². The van der Waals surface area contributed by atoms with E-state index in [-0.39, 0.29) is 0 Å². The van der Waals surface area contributed by atoms with E-state index < -0.39 is 0 Å². The summed E-state index contributed by atoms with van der Waals surface area (Å²) in [6.45, 7) is 6.60. The maximum absolute atomic E-state index is 12.7. The fourth-order valence-corrected chi connectivity index (χ4v) is 4.69. The summed E-state index contributed by atoms with van der Waals surface area (Å²) in [6, 6.07) is 2.17. The highest BCUT2D eigenvalue weighted by atomic mass is 16.2. The van der Waals surface area contributed by atoms with Crippen LogP contribution in [0.5, 0.6) is 0 Å². The standard InChI is InChI=1S/C20H30N4O/c1-15-19(16(2)24(22-15)12-5-11-21)8-9-20(25)23-13-10-17-6-3-4-7-18(17)14-23/h17-18H,3-10,12-14H2,1-2H3. The fraction of sp³-hybridized carbons (Fsp3) is 0.750. The first-order chi connectivity index (χ1) is 12.1. The number of likely N-dealkylation sites (tertiary alicyclic amines) is 1. The van der Waals surface area contributed by atoms with E-state index in [1.54, 1.807) is 0 Å². The molecule has 0 N–H and O–H groups in total. The zero-order valence-electron chi connectivity index (χ0n) is 15.6. The third-order valence-corrected chi connectivity index (χ3v) is 6.20. The van der Waals surface area contributed by atoms with Crippen molar-refractivity contribution in [2.24, 2.45) is 11.8 Å². The lowest BCUT2D eigenvalue weighted by molar-refractivity contribution is -0.134. The molecule has 1 amide bonds. The third kappa shape index (κ3) is 4.05. The Morgan fingerprint density at radius 3 is 2.76 bits per heavy atom. The van der Waals surface area contributed by atoms with Gasteiger partial charge in [0, 0.05) is 25.2 Å². The topological polar surface area (TPSA) is 61.9 Å². The van der Waals surface area contributed by atoms with Crippen molar-refractivity contribution in [3.8, 4) is 6.07 Å². The summed E-state index contributed by atoms with van der Waals surface area (Å²) < 4.78 is 1.91. The molecule has 1 aromatic heterocycles. The second-order valence-electron chi connectivity index (χ2n) is 7.71. The molecule has 25 heavy (non-hydrogen) atoms. The van der Waals surface area contributed by atoms with Crippen LogP contribution in [0.4, 0.5) is 0 Å². The van der Waals surface area contributed by atoms with E-state index in [9.17, 15) is 4.79 Å². The fourth-order valence-electron chi connectivity index (χ4n) is 4.69. The monoisotopic (exact) mass is 342 g/mol. The van der Waals surface area contributed by atoms with E-state index in [0.717, 1.165) is 42.7 Å². The van der Waals surface area contributed by atoms with Crippen molar-refractivity contribution in [3.63, 3.8) is 0 Å². The van der Waals surface area contributed by atoms with Crippen LogP contribution in [0.25, 0.3) is 0 Å². The molecule has 1 saturated heterocycles. The van der Waals surface area contributed by atoms with Gasteiger partial charge in [0.2, 0.25) is 5.91 Å². The predicted molar refractivity (Wildman–Crippen MR) is 96.9 cm³/mol. The van der Waals surface area contributed by atoms with E-state index in [1.807, 2.05) is 18.5 Å². The van der Waals surface area contributed by atoms with Gasteiger partial charge in [-0.1, -0.05) is 19.3 Å². The number of amides is 1. The van der Waals surface area contributed by atoms with E-state index in [2.05, 4.69) is 16.1 Å². The number of nitrogens with zero attached hydrogens (tertiary/aromatic N) is 4. The van der Waals surface area contributed by atoms with Crippen molar-refractivity contribution in [2.45, 2.75) is 71.8 Å². The highest BCUT2D eigenvalue weighted by Crippen LogP contribution is 2.36. The van der Waals surface area contributed by atoms with Gasteiger partial charge in [-0.2, -0.15) is 10.4 Å². The van der Waals surface area contributed by atoms with Gasteiger partial charge in [0.25, 0.3) is 0 Å². The molecule has 5 heteroatoms. The zero-order chi connectivity index (χ0) is 17.8. The first-order valence-electron chi connectivity index (χ1n) is 9.77. The van der Waals surface area contributed by atoms with Crippen molar-refractivity contribution in [2.75, 3.05) is 13.1 Å². The Labute approximate surface area is 151 Å². The predicted octanol–water partition coefficient (Wildman–Crippen LogP) is 3.38. The summed E-state index contributed by atoms with van der Waals surface area (Å²) in [4.78, 5) is 14.8. The number of hydrogen-bond donors (Lipinski definition) is 0. The van der Waals surface area contributed by atoms with Crippen LogP contribution in [0.15, 0.2) is 0 Å². The molecular formula is C20H30N4O. The highest BCUT2D eigenvalue weighted by Gasteiger charge is 2.32. The van der Waals surface area contributed by atoms with Crippen LogP contribution in [0.1, 0.15) is 61.9 Å². The van der Waals surface area contributed by atoms with Gasteiger partial charge >= 0.3 is 0 Å². The van der Waals surface area contributed by atoms with Crippen LogP contribution < -0.4 is 0 Å². The molecule has 1 aliphatic heterocycles. The van der Waals surface area contributed by atoms with Gasteiger partial charge in [0.1, 0.15) is 0 Å². The number of piperidine rings is 1. The third-order valence-electron chi connectivity index (χ3n) is 6.20. The van der Waals surface area contributed by atoms with Gasteiger partial charge < -0.3 is 4.90 Å². The summed E-state index contributed by atoms with van der Waals surface area (Å²) in [7, 11) is 0. The quantitative estimate of drug-likeness (QED) is 0.824. The van der Waals surface area contributed by atoms with Gasteiger partial charge in [0.05, 0.1) is 24.7 Å². The highest BCUT2D eigenvalue weighted by molar-refractivity contribution is 5.76. The number of aromatic nitrogens is 2. The van der Waals surface area contributed by atoms with Crippen LogP contribution in [0, 0.1) is 37.0 Å². The Bertz CT molecular complexity index is 657. The van der Waals surface area contributed by atoms with Crippen molar-refractivity contribution in [1.29, 1.82) is 5.26 Å². The Morgan fingerprint density at radius 1 is 1.24 bits per heavy atom. The van der Waals surface area contributed by atoms with Crippen molar-refractivity contribution < 1.29 is 4.79 Å². The molecule has 0 bridgehead atoms. The number of nitriles is 1. The van der Waals surface area contributed by atoms with Crippen molar-refractivity contribution >= 4 is 5.91 Å². The molecule has 2 aliphatic rings. The molecule has 2 heterocycles. The molecule has 136 valence electrons. The maximum Gasteiger partial charge on any atom is 0.222 e. The number of hydrogen-bond acceptors (Lipinski definition) is 3. The maximum atomic E-state index is 12.7. The van der Waals surface area contributed by atoms with Crippen molar-refractivity contribution in [3.05, 3.63) is 17.0 Å². The average molecular weight is 342 g/mol. The first kappa shape index (κ1) is 18.0. The number of rotatable bonds is 5. The average Bonchev–Trinajstić information content (AvgIpc) is 2.90. The smallest absolute Gasteiger partial charge is 0.222 e. The SMILES string of the molecule is Cc1nn(CCC#N)c(C)c1CCC(=O)N1CCC2CCCCC2C1. The molecule has 0 aromatic carbocycles. The molecule has 1 saturated carbocycles. The molecular weight excluding hydrogens is 312 g/mol. The lowest BCUT2D eigenvalue weighted by Crippen LogP contribution is -2.44. The van der Waals surface area contributed by atoms with E-state index in [4.69, 9.17) is 5.26 Å². The summed E-state index contributed by atoms with van der Waals surface area (Å²) in [5.41, 5.74) is 3.28. The van der Waals surface area contributed by atoms with Crippen LogP contribution >= 0.6 is 0 Å². The van der Waals surface area contributed by atoms with Crippen LogP contribution in [-0.2, 0) is 17.8 Å². The van der Waals surface area contributed by atoms with Crippen LogP contribution in [-0.4, -0.2) is 33.7 Å². The Hall–Kier alpha value is -1.83. The molecule has 1 aliphatic carbocycles. The van der Waals surface area contributed by atoms with Gasteiger partial charge in [0.15, 0.2) is 0 Å². The molecule has 0 radical (unpaired) electrons. The molecule has 3 rings (SSSR count). The summed E-state index contributed by atoms with van der Waals surface area (Å²) in [6.07, 6.45) is 8.38. The molecule has 2 fully saturated rings. The number of fused-ring (bicyclic) bond motifs is 1. The minimum Gasteiger partial charge on any atom is -0.342 e. The molecule has 5 nitrogen and oxygen atoms in total. The van der Waals surface area contributed by atoms with Gasteiger partial charge in [-0.25, -0.2) is 0 Å². The van der Waals surface area contributed by atoms with Gasteiger partial charge in [-0.15, -0.1) is 0 Å². The molecule has 2 unspecified atom stereocenters. The van der Waals surface area contributed by atoms with Gasteiger partial charge in [-0.3, -0.25) is 9.48 Å². The van der Waals surface area contributed by atoms with E-state index >= 15 is 0 Å². The minimum absolute atomic E-state index is 0.299. The lowest BCUT2D eigenvalue weighted by atomic mass is 9.75. The largest absolute Gasteiger partial charge is 0.342 e.